The van der Waals surface area contributed by atoms with E-state index in [1.807, 2.05) is 20.8 Å². The molecule has 0 bridgehead atoms. The van der Waals surface area contributed by atoms with Crippen LogP contribution in [-0.4, -0.2) is 18.8 Å². The molecule has 4 heteroatoms. The minimum Gasteiger partial charge on any atom is -0.374 e. The van der Waals surface area contributed by atoms with Gasteiger partial charge < -0.3 is 15.2 Å². The topological polar surface area (TPSA) is 44.5 Å². The lowest BCUT2D eigenvalue weighted by atomic mass is 10.1. The summed E-state index contributed by atoms with van der Waals surface area (Å²) in [6.45, 7) is 7.55. The zero-order valence-electron chi connectivity index (χ0n) is 11.3. The second-order valence-electron chi connectivity index (χ2n) is 5.14. The smallest absolute Gasteiger partial charge is 0.128 e. The minimum absolute atomic E-state index is 0.173. The van der Waals surface area contributed by atoms with Crippen LogP contribution in [0.15, 0.2) is 18.2 Å². The van der Waals surface area contributed by atoms with Crippen LogP contribution in [0.5, 0.6) is 0 Å². The largest absolute Gasteiger partial charge is 0.374 e. The normalized spacial score (nSPS) is 11.8. The van der Waals surface area contributed by atoms with E-state index in [1.54, 1.807) is 12.1 Å². The molecule has 0 amide bonds. The second kappa shape index (κ2) is 6.83. The lowest BCUT2D eigenvalue weighted by molar-refractivity contribution is -0.0379. The lowest BCUT2D eigenvalue weighted by Crippen LogP contribution is -2.21. The Labute approximate surface area is 108 Å². The molecule has 0 heterocycles. The third-order valence-electron chi connectivity index (χ3n) is 2.37. The molecule has 0 unspecified atom stereocenters. The third-order valence-corrected chi connectivity index (χ3v) is 2.37. The maximum atomic E-state index is 13.5. The first-order valence-corrected chi connectivity index (χ1v) is 6.11. The van der Waals surface area contributed by atoms with Crippen LogP contribution in [0.2, 0.25) is 0 Å². The monoisotopic (exact) mass is 255 g/mol. The Morgan fingerprint density at radius 1 is 1.22 bits per heavy atom. The van der Waals surface area contributed by atoms with Crippen molar-refractivity contribution in [3.8, 4) is 0 Å². The molecule has 0 saturated carbocycles. The van der Waals surface area contributed by atoms with Gasteiger partial charge in [-0.05, 0) is 38.5 Å². The Hall–Kier alpha value is -0.970. The van der Waals surface area contributed by atoms with Gasteiger partial charge in [0.2, 0.25) is 0 Å². The van der Waals surface area contributed by atoms with Gasteiger partial charge in [0.1, 0.15) is 5.82 Å². The van der Waals surface area contributed by atoms with E-state index in [9.17, 15) is 4.39 Å². The van der Waals surface area contributed by atoms with Crippen molar-refractivity contribution in [1.29, 1.82) is 0 Å². The number of hydrogen-bond acceptors (Lipinski definition) is 3. The summed E-state index contributed by atoms with van der Waals surface area (Å²) in [5.74, 6) is -0.260. The van der Waals surface area contributed by atoms with Gasteiger partial charge in [-0.1, -0.05) is 6.07 Å². The van der Waals surface area contributed by atoms with Gasteiger partial charge in [0.15, 0.2) is 0 Å². The van der Waals surface area contributed by atoms with Crippen molar-refractivity contribution in [2.24, 2.45) is 5.73 Å². The van der Waals surface area contributed by atoms with Crippen molar-refractivity contribution >= 4 is 0 Å². The predicted octanol–water partition coefficient (Wildman–Crippen LogP) is 2.62. The number of benzene rings is 1. The van der Waals surface area contributed by atoms with E-state index in [2.05, 4.69) is 0 Å². The summed E-state index contributed by atoms with van der Waals surface area (Å²) in [7, 11) is 0. The van der Waals surface area contributed by atoms with Crippen molar-refractivity contribution in [2.75, 3.05) is 13.2 Å². The van der Waals surface area contributed by atoms with Crippen molar-refractivity contribution in [3.05, 3.63) is 35.1 Å². The van der Waals surface area contributed by atoms with Gasteiger partial charge in [-0.2, -0.15) is 0 Å². The Morgan fingerprint density at radius 3 is 2.56 bits per heavy atom. The van der Waals surface area contributed by atoms with Crippen LogP contribution in [-0.2, 0) is 22.6 Å². The highest BCUT2D eigenvalue weighted by Crippen LogP contribution is 2.12. The fourth-order valence-corrected chi connectivity index (χ4v) is 1.45. The highest BCUT2D eigenvalue weighted by Gasteiger charge is 2.09. The summed E-state index contributed by atoms with van der Waals surface area (Å²) in [5, 5.41) is 0. The lowest BCUT2D eigenvalue weighted by Gasteiger charge is -2.19. The van der Waals surface area contributed by atoms with Crippen molar-refractivity contribution in [2.45, 2.75) is 39.5 Å². The first kappa shape index (κ1) is 15.1. The molecule has 0 aliphatic carbocycles. The van der Waals surface area contributed by atoms with E-state index in [-0.39, 0.29) is 18.0 Å². The van der Waals surface area contributed by atoms with Gasteiger partial charge >= 0.3 is 0 Å². The first-order valence-electron chi connectivity index (χ1n) is 6.11. The van der Waals surface area contributed by atoms with Crippen LogP contribution < -0.4 is 5.73 Å². The summed E-state index contributed by atoms with van der Waals surface area (Å²) in [5.41, 5.74) is 6.78. The summed E-state index contributed by atoms with van der Waals surface area (Å²) in [6, 6.07) is 4.84. The maximum absolute atomic E-state index is 13.5. The molecule has 102 valence electrons. The molecule has 0 fully saturated rings. The van der Waals surface area contributed by atoms with E-state index < -0.39 is 0 Å². The molecule has 0 atom stereocenters. The Morgan fingerprint density at radius 2 is 1.94 bits per heavy atom. The van der Waals surface area contributed by atoms with E-state index >= 15 is 0 Å². The summed E-state index contributed by atoms with van der Waals surface area (Å²) in [4.78, 5) is 0. The number of hydrogen-bond donors (Lipinski definition) is 1. The molecular formula is C14H22FNO2. The fourth-order valence-electron chi connectivity index (χ4n) is 1.45. The Kier molecular flexibility index (Phi) is 5.72. The molecule has 1 aromatic carbocycles. The maximum Gasteiger partial charge on any atom is 0.128 e. The Bertz CT molecular complexity index is 375. The van der Waals surface area contributed by atoms with E-state index in [4.69, 9.17) is 15.2 Å². The highest BCUT2D eigenvalue weighted by molar-refractivity contribution is 5.24. The molecule has 18 heavy (non-hydrogen) atoms. The zero-order valence-corrected chi connectivity index (χ0v) is 11.3. The van der Waals surface area contributed by atoms with Crippen molar-refractivity contribution in [1.82, 2.24) is 0 Å². The van der Waals surface area contributed by atoms with Gasteiger partial charge in [-0.25, -0.2) is 4.39 Å². The number of nitrogens with two attached hydrogens (primary N) is 1. The van der Waals surface area contributed by atoms with Crippen LogP contribution in [0, 0.1) is 5.82 Å². The van der Waals surface area contributed by atoms with Gasteiger partial charge in [0.05, 0.1) is 25.4 Å². The van der Waals surface area contributed by atoms with E-state index in [0.29, 0.717) is 25.3 Å². The number of rotatable bonds is 6. The molecule has 0 aliphatic heterocycles. The second-order valence-corrected chi connectivity index (χ2v) is 5.14. The van der Waals surface area contributed by atoms with Gasteiger partial charge in [-0.15, -0.1) is 0 Å². The predicted molar refractivity (Wildman–Crippen MR) is 69.7 cm³/mol. The average molecular weight is 255 g/mol. The third kappa shape index (κ3) is 5.58. The minimum atomic E-state index is -0.260. The summed E-state index contributed by atoms with van der Waals surface area (Å²) >= 11 is 0. The number of ether oxygens (including phenoxy) is 2. The molecule has 1 aromatic rings. The summed E-state index contributed by atoms with van der Waals surface area (Å²) in [6.07, 6.45) is 0. The van der Waals surface area contributed by atoms with Crippen LogP contribution in [0.4, 0.5) is 4.39 Å². The van der Waals surface area contributed by atoms with Crippen LogP contribution in [0.25, 0.3) is 0 Å². The molecule has 0 spiro atoms. The van der Waals surface area contributed by atoms with Crippen LogP contribution >= 0.6 is 0 Å². The summed E-state index contributed by atoms with van der Waals surface area (Å²) < 4.78 is 24.3. The fraction of sp³-hybridized carbons (Fsp3) is 0.571. The van der Waals surface area contributed by atoms with E-state index in [1.165, 1.54) is 6.07 Å². The molecule has 3 nitrogen and oxygen atoms in total. The van der Waals surface area contributed by atoms with Crippen LogP contribution in [0.3, 0.4) is 0 Å². The van der Waals surface area contributed by atoms with Gasteiger partial charge in [0.25, 0.3) is 0 Å². The van der Waals surface area contributed by atoms with Crippen molar-refractivity contribution < 1.29 is 13.9 Å². The molecule has 0 aliphatic rings. The molecule has 2 N–H and O–H groups in total. The van der Waals surface area contributed by atoms with E-state index in [0.717, 1.165) is 5.56 Å². The standard InChI is InChI=1S/C14H22FNO2/c1-14(2,3)18-7-6-17-10-12-8-11(9-16)4-5-13(12)15/h4-5,8H,6-7,9-10,16H2,1-3H3. The highest BCUT2D eigenvalue weighted by atomic mass is 19.1. The molecule has 0 aromatic heterocycles. The first-order chi connectivity index (χ1) is 8.42. The zero-order chi connectivity index (χ0) is 13.6. The Balaban J connectivity index is 2.35. The van der Waals surface area contributed by atoms with Crippen LogP contribution in [0.1, 0.15) is 31.9 Å². The molecule has 0 radical (unpaired) electrons. The molecule has 0 saturated heterocycles. The van der Waals surface area contributed by atoms with Crippen molar-refractivity contribution in [3.63, 3.8) is 0 Å². The molecule has 1 rings (SSSR count). The molecular weight excluding hydrogens is 233 g/mol. The number of halogens is 1. The van der Waals surface area contributed by atoms with Gasteiger partial charge in [0, 0.05) is 12.1 Å². The quantitative estimate of drug-likeness (QED) is 0.795. The average Bonchev–Trinajstić information content (AvgIpc) is 2.29. The SMILES string of the molecule is CC(C)(C)OCCOCc1cc(CN)ccc1F. The van der Waals surface area contributed by atoms with Gasteiger partial charge in [-0.3, -0.25) is 0 Å².